The number of halogens is 2. The van der Waals surface area contributed by atoms with Gasteiger partial charge in [0.25, 0.3) is 5.69 Å². The second-order valence-electron chi connectivity index (χ2n) is 6.30. The number of non-ortho nitro benzene ring substituents is 1. The minimum Gasteiger partial charge on any atom is -0.465 e. The third-order valence-electron chi connectivity index (χ3n) is 4.39. The highest BCUT2D eigenvalue weighted by atomic mass is 35.5. The molecule has 0 saturated carbocycles. The molecule has 0 unspecified atom stereocenters. The molecule has 2 aromatic carbocycles. The lowest BCUT2D eigenvalue weighted by molar-refractivity contribution is -0.384. The molecule has 10 heteroatoms. The summed E-state index contributed by atoms with van der Waals surface area (Å²) in [6.07, 6.45) is 1.38. The second-order valence-corrected chi connectivity index (χ2v) is 7.14. The Kier molecular flexibility index (Phi) is 6.62. The number of hydrogen-bond donors (Lipinski definition) is 1. The standard InChI is InChI=1S/C21H16Cl2N2O6/c1-3-31-21(27)19-15(18-16(23)8-12(22)9-17(18)24-19)10-14(20(26)30-2)11-5-4-6-13(7-11)25(28)29/h4-10,24H,3H2,1-2H3/b14-10+. The molecule has 0 aliphatic heterocycles. The maximum atomic E-state index is 12.6. The molecule has 8 nitrogen and oxygen atoms in total. The molecular formula is C21H16Cl2N2O6. The van der Waals surface area contributed by atoms with Crippen molar-refractivity contribution < 1.29 is 24.0 Å². The van der Waals surface area contributed by atoms with Crippen LogP contribution in [0, 0.1) is 10.1 Å². The van der Waals surface area contributed by atoms with Crippen LogP contribution in [0.5, 0.6) is 0 Å². The molecule has 0 aliphatic carbocycles. The molecule has 0 atom stereocenters. The van der Waals surface area contributed by atoms with Gasteiger partial charge in [0, 0.05) is 33.6 Å². The van der Waals surface area contributed by atoms with E-state index in [1.165, 1.54) is 43.5 Å². The Bertz CT molecular complexity index is 1230. The minimum atomic E-state index is -0.755. The van der Waals surface area contributed by atoms with Crippen molar-refractivity contribution in [1.82, 2.24) is 4.98 Å². The molecule has 160 valence electrons. The van der Waals surface area contributed by atoms with Crippen LogP contribution in [0.1, 0.15) is 28.5 Å². The van der Waals surface area contributed by atoms with Crippen LogP contribution in [0.25, 0.3) is 22.6 Å². The lowest BCUT2D eigenvalue weighted by Crippen LogP contribution is -2.08. The lowest BCUT2D eigenvalue weighted by atomic mass is 10.0. The summed E-state index contributed by atoms with van der Waals surface area (Å²) in [5.41, 5.74) is 0.783. The first-order valence-electron chi connectivity index (χ1n) is 8.99. The normalized spacial score (nSPS) is 11.4. The van der Waals surface area contributed by atoms with E-state index in [0.29, 0.717) is 15.9 Å². The predicted octanol–water partition coefficient (Wildman–Crippen LogP) is 5.27. The Balaban J connectivity index is 2.33. The van der Waals surface area contributed by atoms with E-state index in [4.69, 9.17) is 32.7 Å². The Morgan fingerprint density at radius 3 is 2.61 bits per heavy atom. The number of rotatable bonds is 6. The fourth-order valence-electron chi connectivity index (χ4n) is 3.08. The van der Waals surface area contributed by atoms with Gasteiger partial charge < -0.3 is 14.5 Å². The van der Waals surface area contributed by atoms with Crippen LogP contribution in [0.15, 0.2) is 36.4 Å². The molecule has 0 aliphatic rings. The first-order chi connectivity index (χ1) is 14.8. The number of carbonyl (C=O) groups is 2. The molecule has 1 heterocycles. The van der Waals surface area contributed by atoms with Crippen LogP contribution in [0.4, 0.5) is 5.69 Å². The van der Waals surface area contributed by atoms with Gasteiger partial charge in [0.15, 0.2) is 0 Å². The minimum absolute atomic E-state index is 0.0105. The fraction of sp³-hybridized carbons (Fsp3) is 0.143. The average molecular weight is 463 g/mol. The van der Waals surface area contributed by atoms with E-state index >= 15 is 0 Å². The number of benzene rings is 2. The maximum Gasteiger partial charge on any atom is 0.355 e. The number of hydrogen-bond acceptors (Lipinski definition) is 6. The number of methoxy groups -OCH3 is 1. The quantitative estimate of drug-likeness (QED) is 0.231. The van der Waals surface area contributed by atoms with E-state index in [-0.39, 0.29) is 39.7 Å². The molecule has 3 aromatic rings. The highest BCUT2D eigenvalue weighted by Gasteiger charge is 2.23. The summed E-state index contributed by atoms with van der Waals surface area (Å²) in [7, 11) is 1.18. The van der Waals surface area contributed by atoms with Crippen molar-refractivity contribution in [3.8, 4) is 0 Å². The van der Waals surface area contributed by atoms with E-state index in [9.17, 15) is 19.7 Å². The first kappa shape index (κ1) is 22.3. The average Bonchev–Trinajstić information content (AvgIpc) is 3.10. The van der Waals surface area contributed by atoms with Crippen LogP contribution < -0.4 is 0 Å². The highest BCUT2D eigenvalue weighted by Crippen LogP contribution is 2.35. The molecule has 0 bridgehead atoms. The number of aromatic nitrogens is 1. The van der Waals surface area contributed by atoms with Gasteiger partial charge in [-0.1, -0.05) is 35.3 Å². The van der Waals surface area contributed by atoms with E-state index in [1.54, 1.807) is 13.0 Å². The topological polar surface area (TPSA) is 112 Å². The molecular weight excluding hydrogens is 447 g/mol. The smallest absolute Gasteiger partial charge is 0.355 e. The van der Waals surface area contributed by atoms with Gasteiger partial charge in [-0.15, -0.1) is 0 Å². The van der Waals surface area contributed by atoms with Crippen molar-refractivity contribution in [2.75, 3.05) is 13.7 Å². The molecule has 0 spiro atoms. The predicted molar refractivity (Wildman–Crippen MR) is 117 cm³/mol. The Labute approximate surface area is 186 Å². The number of nitro benzene ring substituents is 1. The number of nitrogens with one attached hydrogen (secondary N) is 1. The number of ether oxygens (including phenoxy) is 2. The summed E-state index contributed by atoms with van der Waals surface area (Å²) < 4.78 is 9.98. The zero-order chi connectivity index (χ0) is 22.7. The number of carbonyl (C=O) groups excluding carboxylic acids is 2. The zero-order valence-corrected chi connectivity index (χ0v) is 17.9. The molecule has 1 aromatic heterocycles. The van der Waals surface area contributed by atoms with Gasteiger partial charge in [-0.2, -0.15) is 0 Å². The van der Waals surface area contributed by atoms with Crippen molar-refractivity contribution in [2.45, 2.75) is 6.92 Å². The van der Waals surface area contributed by atoms with E-state index < -0.39 is 16.9 Å². The summed E-state index contributed by atoms with van der Waals surface area (Å²) in [5, 5.41) is 12.2. The Morgan fingerprint density at radius 2 is 1.97 bits per heavy atom. The molecule has 0 amide bonds. The Morgan fingerprint density at radius 1 is 1.23 bits per heavy atom. The molecule has 0 saturated heterocycles. The van der Waals surface area contributed by atoms with Gasteiger partial charge in [0.1, 0.15) is 5.69 Å². The number of fused-ring (bicyclic) bond motifs is 1. The molecule has 3 rings (SSSR count). The van der Waals surface area contributed by atoms with Crippen molar-refractivity contribution in [1.29, 1.82) is 0 Å². The maximum absolute atomic E-state index is 12.6. The summed E-state index contributed by atoms with van der Waals surface area (Å²) in [5.74, 6) is -1.42. The zero-order valence-electron chi connectivity index (χ0n) is 16.4. The van der Waals surface area contributed by atoms with E-state index in [1.807, 2.05) is 0 Å². The summed E-state index contributed by atoms with van der Waals surface area (Å²) in [4.78, 5) is 38.7. The summed E-state index contributed by atoms with van der Waals surface area (Å²) >= 11 is 12.5. The summed E-state index contributed by atoms with van der Waals surface area (Å²) in [6, 6.07) is 8.57. The third-order valence-corrected chi connectivity index (χ3v) is 4.91. The van der Waals surface area contributed by atoms with E-state index in [2.05, 4.69) is 4.98 Å². The SMILES string of the molecule is CCOC(=O)c1[nH]c2cc(Cl)cc(Cl)c2c1/C=C(/C(=O)OC)c1cccc([N+](=O)[O-])c1. The van der Waals surface area contributed by atoms with Gasteiger partial charge in [0.2, 0.25) is 0 Å². The summed E-state index contributed by atoms with van der Waals surface area (Å²) in [6.45, 7) is 1.78. The van der Waals surface area contributed by atoms with Crippen LogP contribution >= 0.6 is 23.2 Å². The van der Waals surface area contributed by atoms with Gasteiger partial charge in [0.05, 0.1) is 29.2 Å². The van der Waals surface area contributed by atoms with Crippen molar-refractivity contribution >= 4 is 63.4 Å². The largest absolute Gasteiger partial charge is 0.465 e. The number of nitrogens with zero attached hydrogens (tertiary/aromatic N) is 1. The number of nitro groups is 1. The number of esters is 2. The van der Waals surface area contributed by atoms with Gasteiger partial charge >= 0.3 is 11.9 Å². The number of aromatic amines is 1. The molecule has 0 radical (unpaired) electrons. The van der Waals surface area contributed by atoms with Gasteiger partial charge in [-0.3, -0.25) is 10.1 Å². The van der Waals surface area contributed by atoms with E-state index in [0.717, 1.165) is 0 Å². The molecule has 1 N–H and O–H groups in total. The lowest BCUT2D eigenvalue weighted by Gasteiger charge is -2.08. The van der Waals surface area contributed by atoms with Crippen LogP contribution in [-0.4, -0.2) is 35.6 Å². The Hall–Kier alpha value is -3.36. The second kappa shape index (κ2) is 9.20. The van der Waals surface area contributed by atoms with Crippen molar-refractivity contribution in [3.05, 3.63) is 73.4 Å². The first-order valence-corrected chi connectivity index (χ1v) is 9.75. The van der Waals surface area contributed by atoms with Crippen LogP contribution in [0.2, 0.25) is 10.0 Å². The highest BCUT2D eigenvalue weighted by molar-refractivity contribution is 6.39. The van der Waals surface area contributed by atoms with Crippen molar-refractivity contribution in [2.24, 2.45) is 0 Å². The molecule has 0 fully saturated rings. The van der Waals surface area contributed by atoms with Crippen molar-refractivity contribution in [3.63, 3.8) is 0 Å². The van der Waals surface area contributed by atoms with Crippen LogP contribution in [0.3, 0.4) is 0 Å². The molecule has 31 heavy (non-hydrogen) atoms. The third kappa shape index (κ3) is 4.55. The number of H-pyrrole nitrogens is 1. The monoisotopic (exact) mass is 462 g/mol. The van der Waals surface area contributed by atoms with Crippen LogP contribution in [-0.2, 0) is 14.3 Å². The van der Waals surface area contributed by atoms with Gasteiger partial charge in [-0.25, -0.2) is 9.59 Å². The van der Waals surface area contributed by atoms with Gasteiger partial charge in [-0.05, 0) is 30.7 Å². The fourth-order valence-corrected chi connectivity index (χ4v) is 3.68.